The highest BCUT2D eigenvalue weighted by atomic mass is 16.8. The Balaban J connectivity index is 0.624. The predicted octanol–water partition coefficient (Wildman–Crippen LogP) is 14.5. The summed E-state index contributed by atoms with van der Waals surface area (Å²) < 4.78 is 157. The fraction of sp³-hybridized carbons (Fsp3) is 0.374. The maximum absolute atomic E-state index is 7.59. The highest BCUT2D eigenvalue weighted by Gasteiger charge is 2.60. The minimum Gasteiger partial charge on any atom is -0.368 e. The molecule has 24 atom stereocenters. The molecule has 11 aromatic rings. The molecule has 0 spiro atoms. The van der Waals surface area contributed by atoms with Gasteiger partial charge in [-0.15, -0.1) is 5.10 Å². The predicted molar refractivity (Wildman–Crippen MR) is 445 cm³/mol. The lowest BCUT2D eigenvalue weighted by atomic mass is 9.95. The molecule has 8 aliphatic rings. The maximum Gasteiger partial charge on any atom is 0.187 e. The maximum atomic E-state index is 7.59. The molecule has 644 valence electrons. The molecule has 8 fully saturated rings. The highest BCUT2D eigenvalue weighted by molar-refractivity contribution is 5.24. The van der Waals surface area contributed by atoms with E-state index in [1.54, 1.807) is 10.9 Å². The topological polar surface area (TPSA) is 234 Å². The number of benzene rings is 10. The monoisotopic (exact) mass is 1680 g/mol. The van der Waals surface area contributed by atoms with Gasteiger partial charge in [0, 0.05) is 22.3 Å². The van der Waals surface area contributed by atoms with Gasteiger partial charge in [-0.05, 0) is 33.4 Å². The van der Waals surface area contributed by atoms with Crippen LogP contribution in [0.4, 0.5) is 0 Å². The van der Waals surface area contributed by atoms with Crippen molar-refractivity contribution in [2.24, 2.45) is 0 Å². The molecule has 8 aliphatic heterocycles. The first-order chi connectivity index (χ1) is 61.4. The van der Waals surface area contributed by atoms with Crippen molar-refractivity contribution >= 4 is 0 Å². The average Bonchev–Trinajstić information content (AvgIpc) is 0.829. The smallest absolute Gasteiger partial charge is 0.187 e. The molecule has 1 aromatic heterocycles. The molecule has 0 N–H and O–H groups in total. The summed E-state index contributed by atoms with van der Waals surface area (Å²) in [6, 6.07) is 99.0. The summed E-state index contributed by atoms with van der Waals surface area (Å²) in [5.74, 6) is 0. The van der Waals surface area contributed by atoms with Crippen molar-refractivity contribution < 1.29 is 104 Å². The van der Waals surface area contributed by atoms with Crippen LogP contribution >= 0.6 is 0 Å². The minimum absolute atomic E-state index is 0.0196. The second-order valence-electron chi connectivity index (χ2n) is 31.8. The van der Waals surface area contributed by atoms with Crippen LogP contribution in [0.3, 0.4) is 0 Å². The number of nitrogens with zero attached hydrogens (tertiary/aromatic N) is 3. The van der Waals surface area contributed by atoms with Crippen LogP contribution < -0.4 is 0 Å². The van der Waals surface area contributed by atoms with E-state index < -0.39 is 148 Å². The lowest BCUT2D eigenvalue weighted by Gasteiger charge is -2.52. The summed E-state index contributed by atoms with van der Waals surface area (Å²) in [5.41, 5.74) is 9.34. The van der Waals surface area contributed by atoms with Crippen LogP contribution in [0, 0.1) is 0 Å². The standard InChI is InChI=1S/C99H101N3O22/c1-11-31-65(32-12-1)54-104-84-80-78(63-113-92(119-80)71-43-23-7-24-44-71)117-98(88(84)108-58-69-39-19-5-20-40-69)123-90-86(106-56-67-35-15-3-16-36-67)82-76(61-111-94(121-82)73-47-27-9-28-48-73)115-96(90)103-52-51-102-53-75(100-101-102)60-110-97-91(87(107-57-68-37-17-4-18-38-68)83-77(116-97)62-112-95(122-83)74-49-29-10-30-50-74)124-99-89(109-59-70-41-21-6-22-42-70)85(105-55-66-33-13-2-14-34-66)81-79(118-99)64-114-93(120-81)72-45-25-8-26-46-72/h1-50,53,76-99H,51-52,54-64H2/t76-,77-,78-,79-,80-,81-,82-,83-,84+,85+,86+,87+,88+,89+,90+,91+,92-,93-,94-,95-,96+,97+,98+,99+/m1/s1. The summed E-state index contributed by atoms with van der Waals surface area (Å²) in [7, 11) is 0. The Morgan fingerprint density at radius 2 is 0.500 bits per heavy atom. The van der Waals surface area contributed by atoms with Crippen LogP contribution in [0.1, 0.15) is 86.5 Å². The summed E-state index contributed by atoms with van der Waals surface area (Å²) in [6.45, 7) is 1.67. The molecule has 25 heteroatoms. The van der Waals surface area contributed by atoms with Crippen molar-refractivity contribution in [2.75, 3.05) is 33.0 Å². The summed E-state index contributed by atoms with van der Waals surface area (Å²) in [6.07, 6.45) is -19.3. The fourth-order valence-electron chi connectivity index (χ4n) is 17.0. The van der Waals surface area contributed by atoms with Gasteiger partial charge in [0.05, 0.1) is 92.0 Å². The Kier molecular flexibility index (Phi) is 28.0. The largest absolute Gasteiger partial charge is 0.368 e. The minimum atomic E-state index is -1.20. The second kappa shape index (κ2) is 41.3. The van der Waals surface area contributed by atoms with Gasteiger partial charge < -0.3 is 104 Å². The zero-order valence-corrected chi connectivity index (χ0v) is 68.3. The fourth-order valence-corrected chi connectivity index (χ4v) is 17.0. The second-order valence-corrected chi connectivity index (χ2v) is 31.8. The molecule has 19 rings (SSSR count). The lowest BCUT2D eigenvalue weighted by molar-refractivity contribution is -0.414. The number of hydrogen-bond acceptors (Lipinski definition) is 24. The molecule has 10 aromatic carbocycles. The molecule has 0 radical (unpaired) electrons. The molecule has 124 heavy (non-hydrogen) atoms. The molecular formula is C99H101N3O22. The first-order valence-electron chi connectivity index (χ1n) is 42.7. The first-order valence-corrected chi connectivity index (χ1v) is 42.7. The molecule has 25 nitrogen and oxygen atoms in total. The van der Waals surface area contributed by atoms with Gasteiger partial charge in [-0.1, -0.05) is 309 Å². The molecule has 0 aliphatic carbocycles. The summed E-state index contributed by atoms with van der Waals surface area (Å²) >= 11 is 0. The molecular weight excluding hydrogens is 1580 g/mol. The zero-order chi connectivity index (χ0) is 83.0. The number of fused-ring (bicyclic) bond motifs is 4. The summed E-state index contributed by atoms with van der Waals surface area (Å²) in [4.78, 5) is 0. The van der Waals surface area contributed by atoms with Gasteiger partial charge >= 0.3 is 0 Å². The Morgan fingerprint density at radius 1 is 0.250 bits per heavy atom. The van der Waals surface area contributed by atoms with Crippen LogP contribution in [-0.2, 0) is 157 Å². The Hall–Kier alpha value is -9.54. The number of aromatic nitrogens is 3. The Bertz CT molecular complexity index is 5000. The van der Waals surface area contributed by atoms with Gasteiger partial charge in [-0.3, -0.25) is 0 Å². The van der Waals surface area contributed by atoms with E-state index in [0.29, 0.717) is 5.69 Å². The normalized spacial score (nSPS) is 31.0. The highest BCUT2D eigenvalue weighted by Crippen LogP contribution is 2.46. The van der Waals surface area contributed by atoms with E-state index in [1.165, 1.54) is 0 Å². The Labute approximate surface area is 720 Å². The van der Waals surface area contributed by atoms with E-state index in [2.05, 4.69) is 5.21 Å². The Morgan fingerprint density at radius 3 is 0.790 bits per heavy atom. The van der Waals surface area contributed by atoms with E-state index in [4.69, 9.17) is 109 Å². The van der Waals surface area contributed by atoms with Crippen LogP contribution in [0.5, 0.6) is 0 Å². The number of rotatable bonds is 33. The van der Waals surface area contributed by atoms with Gasteiger partial charge in [0.1, 0.15) is 103 Å². The van der Waals surface area contributed by atoms with Crippen molar-refractivity contribution in [1.82, 2.24) is 15.0 Å². The average molecular weight is 1680 g/mol. The van der Waals surface area contributed by atoms with E-state index in [0.717, 1.165) is 55.6 Å². The number of ether oxygens (including phenoxy) is 22. The molecule has 0 saturated carbocycles. The molecule has 0 amide bonds. The van der Waals surface area contributed by atoms with Crippen LogP contribution in [-0.4, -0.2) is 171 Å². The van der Waals surface area contributed by atoms with Gasteiger partial charge in [-0.25, -0.2) is 4.68 Å². The SMILES string of the molecule is c1ccc(CO[C@@H]2[C@H](OCc3ccccc3)[C@H](O[C@@H]3[C@@H](OCCn4cc(CO[C@H]5O[C@@H]6CO[C@@H](c7ccccc7)O[C@H]6[C@H](OCc6ccccc6)[C@@H]5O[C@@H]5O[C@@H]6CO[C@@H](c7ccccc7)O[C@H]6[C@H](OCc6ccccc6)[C@@H]5OCc5ccccc5)nn4)O[C@@H]4CO[C@@H](c5ccccc5)O[C@H]4[C@@H]3OCc3ccccc3)O[C@@H]3CO[C@@H](c4ccccc4)O[C@@H]23)cc1. The zero-order valence-electron chi connectivity index (χ0n) is 68.3. The van der Waals surface area contributed by atoms with Gasteiger partial charge in [-0.2, -0.15) is 0 Å². The van der Waals surface area contributed by atoms with Gasteiger partial charge in [0.2, 0.25) is 0 Å². The van der Waals surface area contributed by atoms with E-state index in [-0.39, 0.29) is 85.8 Å². The van der Waals surface area contributed by atoms with Crippen LogP contribution in [0.15, 0.2) is 310 Å². The van der Waals surface area contributed by atoms with Crippen LogP contribution in [0.2, 0.25) is 0 Å². The van der Waals surface area contributed by atoms with Crippen molar-refractivity contribution in [3.8, 4) is 0 Å². The molecule has 0 unspecified atom stereocenters. The van der Waals surface area contributed by atoms with Gasteiger partial charge in [0.15, 0.2) is 50.3 Å². The quantitative estimate of drug-likeness (QED) is 0.0372. The van der Waals surface area contributed by atoms with E-state index >= 15 is 0 Å². The third-order valence-corrected chi connectivity index (χ3v) is 23.3. The van der Waals surface area contributed by atoms with Crippen LogP contribution in [0.25, 0.3) is 0 Å². The number of hydrogen-bond donors (Lipinski definition) is 0. The van der Waals surface area contributed by atoms with Crippen molar-refractivity contribution in [3.05, 3.63) is 371 Å². The van der Waals surface area contributed by atoms with Crippen molar-refractivity contribution in [1.29, 1.82) is 0 Å². The van der Waals surface area contributed by atoms with E-state index in [9.17, 15) is 0 Å². The van der Waals surface area contributed by atoms with Crippen molar-refractivity contribution in [2.45, 2.75) is 201 Å². The molecule has 9 heterocycles. The summed E-state index contributed by atoms with van der Waals surface area (Å²) in [5, 5.41) is 9.37. The van der Waals surface area contributed by atoms with Gasteiger partial charge in [0.25, 0.3) is 0 Å². The molecule has 0 bridgehead atoms. The van der Waals surface area contributed by atoms with Crippen molar-refractivity contribution in [3.63, 3.8) is 0 Å². The molecule has 8 saturated heterocycles. The third-order valence-electron chi connectivity index (χ3n) is 23.3. The first kappa shape index (κ1) is 84.0. The third kappa shape index (κ3) is 20.6. The van der Waals surface area contributed by atoms with E-state index in [1.807, 2.05) is 303 Å². The lowest BCUT2D eigenvalue weighted by Crippen LogP contribution is -2.68.